The number of carbonyl (C=O) groups excluding carboxylic acids is 1. The average Bonchev–Trinajstić information content (AvgIpc) is 2.36. The number of methoxy groups -OCH3 is 1. The molecule has 2 N–H and O–H groups in total. The Morgan fingerprint density at radius 3 is 3.00 bits per heavy atom. The molecule has 0 unspecified atom stereocenters. The summed E-state index contributed by atoms with van der Waals surface area (Å²) >= 11 is 0. The van der Waals surface area contributed by atoms with Crippen LogP contribution in [0.3, 0.4) is 0 Å². The minimum Gasteiger partial charge on any atom is -0.469 e. The number of hydrogen-bond donors (Lipinski definition) is 1. The summed E-state index contributed by atoms with van der Waals surface area (Å²) < 4.78 is 4.60. The second-order valence-electron chi connectivity index (χ2n) is 3.88. The lowest BCUT2D eigenvalue weighted by molar-refractivity contribution is -0.140. The van der Waals surface area contributed by atoms with E-state index in [0.717, 1.165) is 17.8 Å². The molecule has 94 valence electrons. The van der Waals surface area contributed by atoms with E-state index in [9.17, 15) is 4.79 Å². The van der Waals surface area contributed by atoms with Crippen molar-refractivity contribution in [3.8, 4) is 0 Å². The zero-order valence-corrected chi connectivity index (χ0v) is 10.3. The zero-order valence-electron chi connectivity index (χ0n) is 10.3. The number of aromatic nitrogens is 1. The quantitative estimate of drug-likeness (QED) is 0.731. The number of esters is 1. The standard InChI is InChI=1S/C12H19N3O2/c1-15(7-5-12(16)17-2)9-10-4-3-6-14-11(10)8-13/h3-4,6H,5,7-9,13H2,1-2H3. The Morgan fingerprint density at radius 1 is 1.59 bits per heavy atom. The van der Waals surface area contributed by atoms with Crippen molar-refractivity contribution in [1.82, 2.24) is 9.88 Å². The topological polar surface area (TPSA) is 68.5 Å². The highest BCUT2D eigenvalue weighted by atomic mass is 16.5. The third kappa shape index (κ3) is 4.50. The molecule has 0 amide bonds. The van der Waals surface area contributed by atoms with E-state index in [2.05, 4.69) is 9.72 Å². The summed E-state index contributed by atoms with van der Waals surface area (Å²) in [4.78, 5) is 17.3. The molecule has 1 rings (SSSR count). The summed E-state index contributed by atoms with van der Waals surface area (Å²) in [5.41, 5.74) is 7.61. The number of hydrogen-bond acceptors (Lipinski definition) is 5. The number of ether oxygens (including phenoxy) is 1. The van der Waals surface area contributed by atoms with Crippen molar-refractivity contribution in [2.45, 2.75) is 19.5 Å². The predicted octanol–water partition coefficient (Wildman–Crippen LogP) is 0.535. The highest BCUT2D eigenvalue weighted by Crippen LogP contribution is 2.07. The summed E-state index contributed by atoms with van der Waals surface area (Å²) in [6.07, 6.45) is 2.13. The molecule has 0 saturated carbocycles. The van der Waals surface area contributed by atoms with Crippen LogP contribution in [0.5, 0.6) is 0 Å². The molecule has 1 aromatic heterocycles. The molecule has 1 aromatic rings. The van der Waals surface area contributed by atoms with Gasteiger partial charge in [-0.15, -0.1) is 0 Å². The van der Waals surface area contributed by atoms with Crippen LogP contribution in [0.15, 0.2) is 18.3 Å². The van der Waals surface area contributed by atoms with Crippen LogP contribution in [0, 0.1) is 0 Å². The van der Waals surface area contributed by atoms with Gasteiger partial charge in [-0.1, -0.05) is 6.07 Å². The van der Waals surface area contributed by atoms with Gasteiger partial charge in [0.05, 0.1) is 19.2 Å². The van der Waals surface area contributed by atoms with Gasteiger partial charge >= 0.3 is 5.97 Å². The summed E-state index contributed by atoms with van der Waals surface area (Å²) in [5.74, 6) is -0.193. The highest BCUT2D eigenvalue weighted by molar-refractivity contribution is 5.69. The molecule has 0 aromatic carbocycles. The molecule has 0 fully saturated rings. The maximum Gasteiger partial charge on any atom is 0.306 e. The maximum atomic E-state index is 11.0. The van der Waals surface area contributed by atoms with E-state index in [4.69, 9.17) is 5.73 Å². The molecule has 0 saturated heterocycles. The van der Waals surface area contributed by atoms with Crippen LogP contribution in [-0.4, -0.2) is 36.6 Å². The Kier molecular flexibility index (Phi) is 5.59. The van der Waals surface area contributed by atoms with Crippen molar-refractivity contribution < 1.29 is 9.53 Å². The van der Waals surface area contributed by atoms with Crippen LogP contribution >= 0.6 is 0 Å². The fourth-order valence-electron chi connectivity index (χ4n) is 1.55. The van der Waals surface area contributed by atoms with E-state index in [1.54, 1.807) is 6.20 Å². The van der Waals surface area contributed by atoms with Crippen molar-refractivity contribution in [2.24, 2.45) is 5.73 Å². The number of carbonyl (C=O) groups is 1. The Labute approximate surface area is 102 Å². The SMILES string of the molecule is COC(=O)CCN(C)Cc1cccnc1CN. The van der Waals surface area contributed by atoms with E-state index in [0.29, 0.717) is 19.5 Å². The van der Waals surface area contributed by atoms with Crippen molar-refractivity contribution >= 4 is 5.97 Å². The van der Waals surface area contributed by atoms with Gasteiger partial charge in [-0.05, 0) is 18.7 Å². The van der Waals surface area contributed by atoms with E-state index < -0.39 is 0 Å². The Morgan fingerprint density at radius 2 is 2.35 bits per heavy atom. The van der Waals surface area contributed by atoms with Gasteiger partial charge in [-0.25, -0.2) is 0 Å². The van der Waals surface area contributed by atoms with Crippen molar-refractivity contribution in [3.05, 3.63) is 29.6 Å². The molecule has 5 nitrogen and oxygen atoms in total. The fraction of sp³-hybridized carbons (Fsp3) is 0.500. The third-order valence-corrected chi connectivity index (χ3v) is 2.54. The highest BCUT2D eigenvalue weighted by Gasteiger charge is 2.07. The molecular formula is C12H19N3O2. The lowest BCUT2D eigenvalue weighted by atomic mass is 10.2. The van der Waals surface area contributed by atoms with Crippen LogP contribution in [0.1, 0.15) is 17.7 Å². The maximum absolute atomic E-state index is 11.0. The van der Waals surface area contributed by atoms with Gasteiger partial charge in [0.15, 0.2) is 0 Å². The molecule has 1 heterocycles. The monoisotopic (exact) mass is 237 g/mol. The molecule has 0 atom stereocenters. The summed E-state index contributed by atoms with van der Waals surface area (Å²) in [6, 6.07) is 3.90. The smallest absolute Gasteiger partial charge is 0.306 e. The van der Waals surface area contributed by atoms with Gasteiger partial charge in [-0.3, -0.25) is 9.78 Å². The first-order valence-corrected chi connectivity index (χ1v) is 5.55. The number of rotatable bonds is 6. The van der Waals surface area contributed by atoms with Crippen molar-refractivity contribution in [3.63, 3.8) is 0 Å². The molecular weight excluding hydrogens is 218 g/mol. The summed E-state index contributed by atoms with van der Waals surface area (Å²) in [5, 5.41) is 0. The number of nitrogens with zero attached hydrogens (tertiary/aromatic N) is 2. The molecule has 0 bridgehead atoms. The Hall–Kier alpha value is -1.46. The van der Waals surface area contributed by atoms with Crippen LogP contribution < -0.4 is 5.73 Å². The number of nitrogens with two attached hydrogens (primary N) is 1. The zero-order chi connectivity index (χ0) is 12.7. The van der Waals surface area contributed by atoms with Gasteiger partial charge < -0.3 is 15.4 Å². The lowest BCUT2D eigenvalue weighted by Crippen LogP contribution is -2.23. The van der Waals surface area contributed by atoms with Crippen molar-refractivity contribution in [2.75, 3.05) is 20.7 Å². The van der Waals surface area contributed by atoms with Gasteiger partial charge in [-0.2, -0.15) is 0 Å². The first kappa shape index (κ1) is 13.6. The van der Waals surface area contributed by atoms with Gasteiger partial charge in [0, 0.05) is 25.8 Å². The predicted molar refractivity (Wildman–Crippen MR) is 65.1 cm³/mol. The van der Waals surface area contributed by atoms with E-state index in [1.165, 1.54) is 7.11 Å². The molecule has 0 aliphatic heterocycles. The Bertz CT molecular complexity index is 369. The first-order valence-electron chi connectivity index (χ1n) is 5.55. The van der Waals surface area contributed by atoms with Crippen LogP contribution in [0.2, 0.25) is 0 Å². The van der Waals surface area contributed by atoms with Gasteiger partial charge in [0.1, 0.15) is 0 Å². The molecule has 0 aliphatic rings. The fourth-order valence-corrected chi connectivity index (χ4v) is 1.55. The summed E-state index contributed by atoms with van der Waals surface area (Å²) in [6.45, 7) is 1.82. The lowest BCUT2D eigenvalue weighted by Gasteiger charge is -2.17. The minimum absolute atomic E-state index is 0.193. The van der Waals surface area contributed by atoms with Gasteiger partial charge in [0.25, 0.3) is 0 Å². The van der Waals surface area contributed by atoms with E-state index >= 15 is 0 Å². The van der Waals surface area contributed by atoms with Crippen LogP contribution in [0.4, 0.5) is 0 Å². The van der Waals surface area contributed by atoms with Gasteiger partial charge in [0.2, 0.25) is 0 Å². The Balaban J connectivity index is 2.50. The molecule has 0 aliphatic carbocycles. The molecule has 0 spiro atoms. The third-order valence-electron chi connectivity index (χ3n) is 2.54. The number of pyridine rings is 1. The van der Waals surface area contributed by atoms with E-state index in [1.807, 2.05) is 24.1 Å². The first-order chi connectivity index (χ1) is 8.17. The average molecular weight is 237 g/mol. The minimum atomic E-state index is -0.193. The van der Waals surface area contributed by atoms with Crippen LogP contribution in [-0.2, 0) is 22.6 Å². The second kappa shape index (κ2) is 6.98. The molecule has 0 radical (unpaired) electrons. The second-order valence-corrected chi connectivity index (χ2v) is 3.88. The largest absolute Gasteiger partial charge is 0.469 e. The van der Waals surface area contributed by atoms with Crippen LogP contribution in [0.25, 0.3) is 0 Å². The van der Waals surface area contributed by atoms with E-state index in [-0.39, 0.29) is 5.97 Å². The normalized spacial score (nSPS) is 10.6. The molecule has 5 heteroatoms. The van der Waals surface area contributed by atoms with Crippen molar-refractivity contribution in [1.29, 1.82) is 0 Å². The summed E-state index contributed by atoms with van der Waals surface area (Å²) in [7, 11) is 3.35. The molecule has 17 heavy (non-hydrogen) atoms.